The number of benzene rings is 1. The van der Waals surface area contributed by atoms with Gasteiger partial charge in [-0.3, -0.25) is 0 Å². The van der Waals surface area contributed by atoms with Crippen molar-refractivity contribution >= 4 is 12.3 Å². The molecule has 5 atom stereocenters. The molecule has 1 rings (SSSR count). The van der Waals surface area contributed by atoms with Crippen molar-refractivity contribution in [3.05, 3.63) is 35.9 Å². The Hall–Kier alpha value is -1.84. The van der Waals surface area contributed by atoms with Gasteiger partial charge in [0.05, 0.1) is 6.61 Å². The maximum absolute atomic E-state index is 11.9. The molecule has 0 aliphatic carbocycles. The number of hydrogen-bond donors (Lipinski definition) is 5. The number of aldehydes is 1. The summed E-state index contributed by atoms with van der Waals surface area (Å²) in [6, 6.07) is 6.44. The second kappa shape index (κ2) is 8.57. The minimum Gasteiger partial charge on any atom is -0.455 e. The lowest BCUT2D eigenvalue weighted by atomic mass is 10.0. The van der Waals surface area contributed by atoms with Gasteiger partial charge in [0.15, 0.2) is 12.2 Å². The Kier molecular flexibility index (Phi) is 7.09. The highest BCUT2D eigenvalue weighted by Crippen LogP contribution is 2.17. The quantitative estimate of drug-likeness (QED) is 0.270. The molecular weight excluding hydrogens is 294 g/mol. The summed E-state index contributed by atoms with van der Waals surface area (Å²) in [6.45, 7) is -0.817. The van der Waals surface area contributed by atoms with Crippen LogP contribution in [-0.4, -0.2) is 63.6 Å². The van der Waals surface area contributed by atoms with E-state index < -0.39 is 43.0 Å². The molecule has 1 aromatic carbocycles. The lowest BCUT2D eigenvalue weighted by Gasteiger charge is -2.28. The van der Waals surface area contributed by atoms with Crippen LogP contribution in [0.4, 0.5) is 0 Å². The zero-order valence-corrected chi connectivity index (χ0v) is 11.6. The van der Waals surface area contributed by atoms with E-state index in [2.05, 4.69) is 0 Å². The fraction of sp³-hybridized carbons (Fsp3) is 0.429. The number of ether oxygens (including phenoxy) is 1. The molecule has 6 N–H and O–H groups in total. The number of esters is 1. The standard InChI is InChI=1S/C14H19NO7/c15-9(6-16)13(12(20)10(18)7-17)22-14(21)11(19)8-4-2-1-3-5-8/h1-6,9-13,17-20H,7,15H2/t9-,10+,11?,12+,13+/m0/s1. The van der Waals surface area contributed by atoms with Gasteiger partial charge in [-0.05, 0) is 5.56 Å². The van der Waals surface area contributed by atoms with E-state index in [-0.39, 0.29) is 11.8 Å². The molecule has 0 spiro atoms. The Labute approximate surface area is 126 Å². The van der Waals surface area contributed by atoms with Crippen molar-refractivity contribution in [2.24, 2.45) is 5.73 Å². The highest BCUT2D eigenvalue weighted by atomic mass is 16.6. The Morgan fingerprint density at radius 2 is 1.82 bits per heavy atom. The lowest BCUT2D eigenvalue weighted by Crippen LogP contribution is -2.52. The van der Waals surface area contributed by atoms with E-state index in [0.29, 0.717) is 0 Å². The number of aliphatic hydroxyl groups is 4. The third kappa shape index (κ3) is 4.58. The largest absolute Gasteiger partial charge is 0.455 e. The predicted molar refractivity (Wildman–Crippen MR) is 74.4 cm³/mol. The molecule has 0 bridgehead atoms. The normalized spacial score (nSPS) is 17.9. The fourth-order valence-electron chi connectivity index (χ4n) is 1.75. The van der Waals surface area contributed by atoms with Crippen LogP contribution in [0.5, 0.6) is 0 Å². The monoisotopic (exact) mass is 313 g/mol. The molecule has 0 heterocycles. The molecule has 122 valence electrons. The zero-order chi connectivity index (χ0) is 16.7. The van der Waals surface area contributed by atoms with Crippen molar-refractivity contribution in [1.82, 2.24) is 0 Å². The molecular formula is C14H19NO7. The number of rotatable bonds is 8. The summed E-state index contributed by atoms with van der Waals surface area (Å²) in [4.78, 5) is 22.6. The number of hydrogen-bond acceptors (Lipinski definition) is 8. The molecule has 8 nitrogen and oxygen atoms in total. The Balaban J connectivity index is 2.85. The minimum atomic E-state index is -1.78. The highest BCUT2D eigenvalue weighted by molar-refractivity contribution is 5.77. The third-order valence-electron chi connectivity index (χ3n) is 3.05. The summed E-state index contributed by atoms with van der Waals surface area (Å²) in [7, 11) is 0. The van der Waals surface area contributed by atoms with Gasteiger partial charge >= 0.3 is 5.97 Å². The first-order chi connectivity index (χ1) is 10.4. The number of carbonyl (C=O) groups is 2. The second-order valence-corrected chi connectivity index (χ2v) is 4.67. The van der Waals surface area contributed by atoms with Crippen molar-refractivity contribution in [1.29, 1.82) is 0 Å². The summed E-state index contributed by atoms with van der Waals surface area (Å²) in [5, 5.41) is 37.8. The van der Waals surface area contributed by atoms with Gasteiger partial charge in [-0.15, -0.1) is 0 Å². The summed E-state index contributed by atoms with van der Waals surface area (Å²) >= 11 is 0. The van der Waals surface area contributed by atoms with Gasteiger partial charge in [-0.1, -0.05) is 30.3 Å². The predicted octanol–water partition coefficient (Wildman–Crippen LogP) is -2.13. The van der Waals surface area contributed by atoms with E-state index in [1.54, 1.807) is 18.2 Å². The zero-order valence-electron chi connectivity index (χ0n) is 11.6. The van der Waals surface area contributed by atoms with Gasteiger partial charge in [-0.25, -0.2) is 4.79 Å². The summed E-state index contributed by atoms with van der Waals surface area (Å²) < 4.78 is 4.84. The summed E-state index contributed by atoms with van der Waals surface area (Å²) in [5.41, 5.74) is 5.67. The maximum Gasteiger partial charge on any atom is 0.340 e. The van der Waals surface area contributed by atoms with Gasteiger partial charge in [0.2, 0.25) is 0 Å². The van der Waals surface area contributed by atoms with Crippen molar-refractivity contribution in [3.63, 3.8) is 0 Å². The SMILES string of the molecule is N[C@@H](C=O)[C@@H](OC(=O)C(O)c1ccccc1)[C@H](O)[C@H](O)CO. The summed E-state index contributed by atoms with van der Waals surface area (Å²) in [5.74, 6) is -1.14. The van der Waals surface area contributed by atoms with Crippen LogP contribution in [0.2, 0.25) is 0 Å². The number of aliphatic hydroxyl groups excluding tert-OH is 4. The van der Waals surface area contributed by atoms with Crippen LogP contribution in [0.3, 0.4) is 0 Å². The summed E-state index contributed by atoms with van der Waals surface area (Å²) in [6.07, 6.45) is -6.46. The van der Waals surface area contributed by atoms with Crippen molar-refractivity contribution in [2.45, 2.75) is 30.5 Å². The fourth-order valence-corrected chi connectivity index (χ4v) is 1.75. The topological polar surface area (TPSA) is 150 Å². The first-order valence-electron chi connectivity index (χ1n) is 6.53. The van der Waals surface area contributed by atoms with Crippen LogP contribution in [0, 0.1) is 0 Å². The molecule has 8 heteroatoms. The molecule has 0 saturated carbocycles. The maximum atomic E-state index is 11.9. The molecule has 1 unspecified atom stereocenters. The van der Waals surface area contributed by atoms with E-state index >= 15 is 0 Å². The van der Waals surface area contributed by atoms with Crippen LogP contribution in [0.1, 0.15) is 11.7 Å². The Morgan fingerprint density at radius 3 is 2.32 bits per heavy atom. The molecule has 22 heavy (non-hydrogen) atoms. The van der Waals surface area contributed by atoms with Crippen LogP contribution in [0.25, 0.3) is 0 Å². The molecule has 0 fully saturated rings. The Bertz CT molecular complexity index is 481. The van der Waals surface area contributed by atoms with Crippen LogP contribution in [-0.2, 0) is 14.3 Å². The van der Waals surface area contributed by atoms with Gasteiger partial charge in [0, 0.05) is 0 Å². The first kappa shape index (κ1) is 18.2. The number of carbonyl (C=O) groups excluding carboxylic acids is 2. The molecule has 1 aromatic rings. The molecule has 0 amide bonds. The average molecular weight is 313 g/mol. The number of nitrogens with two attached hydrogens (primary N) is 1. The van der Waals surface area contributed by atoms with E-state index in [4.69, 9.17) is 15.6 Å². The van der Waals surface area contributed by atoms with Crippen LogP contribution >= 0.6 is 0 Å². The third-order valence-corrected chi connectivity index (χ3v) is 3.05. The van der Waals surface area contributed by atoms with Crippen molar-refractivity contribution in [3.8, 4) is 0 Å². The highest BCUT2D eigenvalue weighted by Gasteiger charge is 2.35. The molecule has 0 aliphatic rings. The van der Waals surface area contributed by atoms with Crippen molar-refractivity contribution < 1.29 is 34.8 Å². The van der Waals surface area contributed by atoms with E-state index in [1.807, 2.05) is 0 Å². The van der Waals surface area contributed by atoms with Crippen LogP contribution < -0.4 is 5.73 Å². The van der Waals surface area contributed by atoms with Gasteiger partial charge in [0.25, 0.3) is 0 Å². The smallest absolute Gasteiger partial charge is 0.340 e. The van der Waals surface area contributed by atoms with Crippen LogP contribution in [0.15, 0.2) is 30.3 Å². The first-order valence-corrected chi connectivity index (χ1v) is 6.53. The lowest BCUT2D eigenvalue weighted by molar-refractivity contribution is -0.173. The molecule has 0 aromatic heterocycles. The Morgan fingerprint density at radius 1 is 1.23 bits per heavy atom. The second-order valence-electron chi connectivity index (χ2n) is 4.67. The van der Waals surface area contributed by atoms with Gasteiger partial charge < -0.3 is 35.7 Å². The van der Waals surface area contributed by atoms with E-state index in [0.717, 1.165) is 0 Å². The van der Waals surface area contributed by atoms with Gasteiger partial charge in [-0.2, -0.15) is 0 Å². The average Bonchev–Trinajstić information content (AvgIpc) is 2.57. The van der Waals surface area contributed by atoms with E-state index in [9.17, 15) is 24.9 Å². The minimum absolute atomic E-state index is 0.222. The molecule has 0 saturated heterocycles. The van der Waals surface area contributed by atoms with E-state index in [1.165, 1.54) is 12.1 Å². The molecule has 0 radical (unpaired) electrons. The molecule has 0 aliphatic heterocycles. The van der Waals surface area contributed by atoms with Gasteiger partial charge in [0.1, 0.15) is 24.5 Å². The van der Waals surface area contributed by atoms with Crippen molar-refractivity contribution in [2.75, 3.05) is 6.61 Å².